The minimum absolute atomic E-state index is 0. The third-order valence-electron chi connectivity index (χ3n) is 2.65. The minimum atomic E-state index is -0.840. The molecule has 1 saturated heterocycles. The summed E-state index contributed by atoms with van der Waals surface area (Å²) in [6.45, 7) is 7.93. The third-order valence-corrected chi connectivity index (χ3v) is 2.65. The number of hydrogen-bond acceptors (Lipinski definition) is 1. The van der Waals surface area contributed by atoms with E-state index in [4.69, 9.17) is 0 Å². The Morgan fingerprint density at radius 3 is 2.07 bits per heavy atom. The predicted molar refractivity (Wildman–Crippen MR) is 70.9 cm³/mol. The molecule has 0 spiro atoms. The molecular formula is C10H22FNOS2. The van der Waals surface area contributed by atoms with E-state index in [1.165, 1.54) is 6.92 Å². The van der Waals surface area contributed by atoms with Gasteiger partial charge in [0.15, 0.2) is 0 Å². The molecule has 92 valence electrons. The van der Waals surface area contributed by atoms with Crippen molar-refractivity contribution in [3.8, 4) is 0 Å². The zero-order valence-electron chi connectivity index (χ0n) is 9.80. The molecule has 5 heteroatoms. The zero-order chi connectivity index (χ0) is 10.2. The monoisotopic (exact) mass is 255 g/mol. The Morgan fingerprint density at radius 1 is 1.33 bits per heavy atom. The molecule has 1 aliphatic heterocycles. The number of carbonyl (C=O) groups excluding carboxylic acids is 1. The number of carbonyl (C=O) groups is 1. The van der Waals surface area contributed by atoms with Crippen LogP contribution in [-0.4, -0.2) is 29.6 Å². The van der Waals surface area contributed by atoms with Crippen molar-refractivity contribution in [1.82, 2.24) is 4.90 Å². The Bertz CT molecular complexity index is 218. The lowest BCUT2D eigenvalue weighted by Gasteiger charge is -2.34. The summed E-state index contributed by atoms with van der Waals surface area (Å²) >= 11 is 0. The van der Waals surface area contributed by atoms with Crippen LogP contribution < -0.4 is 0 Å². The molecule has 0 aromatic rings. The third kappa shape index (κ3) is 4.23. The van der Waals surface area contributed by atoms with Crippen LogP contribution >= 0.6 is 27.0 Å². The summed E-state index contributed by atoms with van der Waals surface area (Å²) in [5.74, 6) is -0.0138. The van der Waals surface area contributed by atoms with Crippen LogP contribution in [0, 0.1) is 5.41 Å². The molecule has 0 unspecified atom stereocenters. The van der Waals surface area contributed by atoms with Crippen molar-refractivity contribution in [3.63, 3.8) is 0 Å². The summed E-state index contributed by atoms with van der Waals surface area (Å²) in [7, 11) is 0. The molecule has 0 bridgehead atoms. The van der Waals surface area contributed by atoms with Gasteiger partial charge in [0.1, 0.15) is 6.17 Å². The van der Waals surface area contributed by atoms with Crippen molar-refractivity contribution in [3.05, 3.63) is 0 Å². The van der Waals surface area contributed by atoms with Gasteiger partial charge in [-0.1, -0.05) is 20.8 Å². The fourth-order valence-electron chi connectivity index (χ4n) is 1.95. The highest BCUT2D eigenvalue weighted by atomic mass is 32.1. The van der Waals surface area contributed by atoms with E-state index in [9.17, 15) is 9.18 Å². The number of alkyl halides is 1. The topological polar surface area (TPSA) is 20.3 Å². The lowest BCUT2D eigenvalue weighted by molar-refractivity contribution is -0.131. The first kappa shape index (κ1) is 17.5. The van der Waals surface area contributed by atoms with Gasteiger partial charge in [0.25, 0.3) is 0 Å². The van der Waals surface area contributed by atoms with Crippen LogP contribution in [0.15, 0.2) is 0 Å². The lowest BCUT2D eigenvalue weighted by Crippen LogP contribution is -2.41. The fraction of sp³-hybridized carbons (Fsp3) is 0.900. The standard InChI is InChI=1S/C10H18FNO.2H2S/c1-7(13)12-6-8(11)5-9(12)10(2,3)4;;/h8-9H,5-6H2,1-4H3;2*1H2/t8-,9+;;/m0../s1. The molecule has 2 atom stereocenters. The van der Waals surface area contributed by atoms with E-state index in [0.29, 0.717) is 6.42 Å². The summed E-state index contributed by atoms with van der Waals surface area (Å²) < 4.78 is 13.1. The first-order valence-corrected chi connectivity index (χ1v) is 4.73. The van der Waals surface area contributed by atoms with Gasteiger partial charge in [-0.2, -0.15) is 27.0 Å². The molecule has 1 rings (SSSR count). The van der Waals surface area contributed by atoms with Gasteiger partial charge in [-0.15, -0.1) is 0 Å². The summed E-state index contributed by atoms with van der Waals surface area (Å²) in [6, 6.07) is 0.0556. The minimum Gasteiger partial charge on any atom is -0.336 e. The zero-order valence-corrected chi connectivity index (χ0v) is 11.8. The van der Waals surface area contributed by atoms with Gasteiger partial charge < -0.3 is 4.90 Å². The van der Waals surface area contributed by atoms with Gasteiger partial charge >= 0.3 is 0 Å². The van der Waals surface area contributed by atoms with Crippen molar-refractivity contribution in [2.24, 2.45) is 5.41 Å². The molecule has 15 heavy (non-hydrogen) atoms. The van der Waals surface area contributed by atoms with Crippen molar-refractivity contribution in [2.75, 3.05) is 6.54 Å². The Hall–Kier alpha value is 0.1000. The van der Waals surface area contributed by atoms with Crippen LogP contribution in [0.2, 0.25) is 0 Å². The van der Waals surface area contributed by atoms with E-state index in [1.807, 2.05) is 20.8 Å². The number of rotatable bonds is 0. The quantitative estimate of drug-likeness (QED) is 0.650. The van der Waals surface area contributed by atoms with Crippen LogP contribution in [0.25, 0.3) is 0 Å². The number of amides is 1. The fourth-order valence-corrected chi connectivity index (χ4v) is 1.95. The van der Waals surface area contributed by atoms with E-state index in [-0.39, 0.29) is 50.9 Å². The Kier molecular flexibility index (Phi) is 6.98. The molecule has 0 aliphatic carbocycles. The average Bonchev–Trinajstić information content (AvgIpc) is 2.29. The first-order valence-electron chi connectivity index (χ1n) is 4.73. The second-order valence-electron chi connectivity index (χ2n) is 4.89. The first-order chi connectivity index (χ1) is 5.82. The van der Waals surface area contributed by atoms with Crippen LogP contribution in [0.1, 0.15) is 34.1 Å². The molecule has 1 aliphatic rings. The molecule has 0 saturated carbocycles. The van der Waals surface area contributed by atoms with Crippen LogP contribution in [0.4, 0.5) is 4.39 Å². The SMILES string of the molecule is CC(=O)N1C[C@@H](F)C[C@@H]1C(C)(C)C.S.S. The van der Waals surface area contributed by atoms with E-state index in [0.717, 1.165) is 0 Å². The molecule has 0 radical (unpaired) electrons. The van der Waals surface area contributed by atoms with Crippen molar-refractivity contribution in [2.45, 2.75) is 46.3 Å². The van der Waals surface area contributed by atoms with Gasteiger partial charge in [-0.25, -0.2) is 4.39 Å². The summed E-state index contributed by atoms with van der Waals surface area (Å²) in [5, 5.41) is 0. The summed E-state index contributed by atoms with van der Waals surface area (Å²) in [6.07, 6.45) is -0.351. The molecule has 0 N–H and O–H groups in total. The predicted octanol–water partition coefficient (Wildman–Crippen LogP) is 2.22. The second kappa shape index (κ2) is 5.99. The van der Waals surface area contributed by atoms with Crippen molar-refractivity contribution in [1.29, 1.82) is 0 Å². The van der Waals surface area contributed by atoms with Crippen LogP contribution in [0.3, 0.4) is 0 Å². The van der Waals surface area contributed by atoms with E-state index in [2.05, 4.69) is 0 Å². The van der Waals surface area contributed by atoms with Gasteiger partial charge in [0.05, 0.1) is 6.54 Å². The Morgan fingerprint density at radius 2 is 1.80 bits per heavy atom. The lowest BCUT2D eigenvalue weighted by atomic mass is 9.85. The number of halogens is 1. The van der Waals surface area contributed by atoms with E-state index < -0.39 is 6.17 Å². The smallest absolute Gasteiger partial charge is 0.219 e. The normalized spacial score (nSPS) is 25.5. The highest BCUT2D eigenvalue weighted by Gasteiger charge is 2.40. The van der Waals surface area contributed by atoms with Gasteiger partial charge in [-0.05, 0) is 5.41 Å². The average molecular weight is 255 g/mol. The van der Waals surface area contributed by atoms with Crippen molar-refractivity contribution < 1.29 is 9.18 Å². The van der Waals surface area contributed by atoms with E-state index >= 15 is 0 Å². The second-order valence-corrected chi connectivity index (χ2v) is 4.89. The number of hydrogen-bond donors (Lipinski definition) is 0. The number of nitrogens with zero attached hydrogens (tertiary/aromatic N) is 1. The molecule has 1 fully saturated rings. The maximum absolute atomic E-state index is 13.1. The molecule has 0 aromatic heterocycles. The summed E-state index contributed by atoms with van der Waals surface area (Å²) in [5.41, 5.74) is -0.0213. The maximum Gasteiger partial charge on any atom is 0.219 e. The van der Waals surface area contributed by atoms with Gasteiger partial charge in [0, 0.05) is 19.4 Å². The molecule has 1 amide bonds. The number of likely N-dealkylation sites (tertiary alicyclic amines) is 1. The summed E-state index contributed by atoms with van der Waals surface area (Å²) in [4.78, 5) is 12.9. The highest BCUT2D eigenvalue weighted by Crippen LogP contribution is 2.33. The highest BCUT2D eigenvalue weighted by molar-refractivity contribution is 7.59. The maximum atomic E-state index is 13.1. The molecule has 0 aromatic carbocycles. The van der Waals surface area contributed by atoms with Crippen LogP contribution in [0.5, 0.6) is 0 Å². The molecular weight excluding hydrogens is 233 g/mol. The molecule has 1 heterocycles. The Balaban J connectivity index is 0. The Labute approximate surface area is 105 Å². The van der Waals surface area contributed by atoms with Crippen LogP contribution in [-0.2, 0) is 4.79 Å². The van der Waals surface area contributed by atoms with Crippen molar-refractivity contribution >= 4 is 32.9 Å². The van der Waals surface area contributed by atoms with E-state index in [1.54, 1.807) is 4.90 Å². The van der Waals surface area contributed by atoms with Gasteiger partial charge in [0.2, 0.25) is 5.91 Å². The molecule has 2 nitrogen and oxygen atoms in total. The van der Waals surface area contributed by atoms with Gasteiger partial charge in [-0.3, -0.25) is 4.79 Å². The largest absolute Gasteiger partial charge is 0.336 e.